The summed E-state index contributed by atoms with van der Waals surface area (Å²) in [6.45, 7) is 0.902. The molecule has 1 amide bonds. The van der Waals surface area contributed by atoms with Gasteiger partial charge in [-0.05, 0) is 38.6 Å². The summed E-state index contributed by atoms with van der Waals surface area (Å²) in [6.07, 6.45) is 5.40. The van der Waals surface area contributed by atoms with Crippen molar-refractivity contribution in [1.29, 1.82) is 5.26 Å². The molecule has 0 spiro atoms. The Morgan fingerprint density at radius 1 is 1.40 bits per heavy atom. The van der Waals surface area contributed by atoms with Crippen molar-refractivity contribution in [2.45, 2.75) is 44.6 Å². The molecule has 15 heavy (non-hydrogen) atoms. The van der Waals surface area contributed by atoms with E-state index >= 15 is 0 Å². The van der Waals surface area contributed by atoms with Crippen molar-refractivity contribution in [2.75, 3.05) is 6.54 Å². The fourth-order valence-electron chi connectivity index (χ4n) is 2.06. The van der Waals surface area contributed by atoms with Crippen molar-refractivity contribution < 1.29 is 4.79 Å². The van der Waals surface area contributed by atoms with Gasteiger partial charge in [0.2, 0.25) is 5.91 Å². The highest BCUT2D eigenvalue weighted by molar-refractivity contribution is 5.76. The molecule has 1 saturated carbocycles. The van der Waals surface area contributed by atoms with Gasteiger partial charge in [-0.1, -0.05) is 0 Å². The minimum absolute atomic E-state index is 0.0853. The van der Waals surface area contributed by atoms with Crippen molar-refractivity contribution in [3.05, 3.63) is 0 Å². The molecule has 0 unspecified atom stereocenters. The zero-order chi connectivity index (χ0) is 11.1. The number of carbonyl (C=O) groups is 1. The van der Waals surface area contributed by atoms with Gasteiger partial charge >= 0.3 is 0 Å². The maximum absolute atomic E-state index is 10.9. The fraction of sp³-hybridized carbons (Fsp3) is 0.818. The molecule has 0 aromatic rings. The lowest BCUT2D eigenvalue weighted by Crippen LogP contribution is -2.37. The van der Waals surface area contributed by atoms with Crippen LogP contribution in [0.4, 0.5) is 0 Å². The molecule has 3 N–H and O–H groups in total. The first kappa shape index (κ1) is 12.0. The minimum atomic E-state index is -0.155. The number of hydrogen-bond donors (Lipinski definition) is 2. The number of nitriles is 1. The molecule has 1 fully saturated rings. The number of amides is 1. The topological polar surface area (TPSA) is 78.9 Å². The van der Waals surface area contributed by atoms with E-state index in [9.17, 15) is 4.79 Å². The van der Waals surface area contributed by atoms with Crippen LogP contribution in [0.1, 0.15) is 38.5 Å². The molecule has 1 rings (SSSR count). The Labute approximate surface area is 90.8 Å². The normalized spacial score (nSPS) is 25.8. The highest BCUT2D eigenvalue weighted by atomic mass is 16.1. The van der Waals surface area contributed by atoms with E-state index in [-0.39, 0.29) is 11.8 Å². The number of hydrogen-bond acceptors (Lipinski definition) is 3. The molecule has 84 valence electrons. The summed E-state index contributed by atoms with van der Waals surface area (Å²) in [5.41, 5.74) is 5.26. The lowest BCUT2D eigenvalue weighted by atomic mass is 9.85. The van der Waals surface area contributed by atoms with Gasteiger partial charge in [-0.3, -0.25) is 4.79 Å². The van der Waals surface area contributed by atoms with Crippen LogP contribution < -0.4 is 11.1 Å². The number of nitrogens with two attached hydrogens (primary N) is 1. The van der Waals surface area contributed by atoms with Crippen molar-refractivity contribution in [2.24, 2.45) is 11.7 Å². The number of rotatable bonds is 5. The predicted octanol–water partition coefficient (Wildman–Crippen LogP) is 0.924. The van der Waals surface area contributed by atoms with E-state index < -0.39 is 0 Å². The van der Waals surface area contributed by atoms with Gasteiger partial charge < -0.3 is 11.1 Å². The van der Waals surface area contributed by atoms with Gasteiger partial charge in [0.25, 0.3) is 0 Å². The van der Waals surface area contributed by atoms with Crippen LogP contribution in [0.15, 0.2) is 0 Å². The van der Waals surface area contributed by atoms with Crippen molar-refractivity contribution >= 4 is 5.91 Å². The van der Waals surface area contributed by atoms with E-state index in [1.807, 2.05) is 0 Å². The summed E-state index contributed by atoms with van der Waals surface area (Å²) in [6, 6.07) is 2.64. The number of primary amides is 1. The van der Waals surface area contributed by atoms with Crippen LogP contribution in [0, 0.1) is 17.2 Å². The fourth-order valence-corrected chi connectivity index (χ4v) is 2.06. The molecule has 0 aromatic heterocycles. The number of carbonyl (C=O) groups excluding carboxylic acids is 1. The Morgan fingerprint density at radius 2 is 2.07 bits per heavy atom. The van der Waals surface area contributed by atoms with Crippen LogP contribution in [0.25, 0.3) is 0 Å². The maximum atomic E-state index is 10.9. The molecule has 0 radical (unpaired) electrons. The number of nitrogens with zero attached hydrogens (tertiary/aromatic N) is 1. The third-order valence-corrected chi connectivity index (χ3v) is 3.03. The summed E-state index contributed by atoms with van der Waals surface area (Å²) in [5, 5.41) is 11.8. The molecule has 0 aromatic carbocycles. The Bertz CT molecular complexity index is 239. The lowest BCUT2D eigenvalue weighted by molar-refractivity contribution is -0.122. The second kappa shape index (κ2) is 6.41. The quantitative estimate of drug-likeness (QED) is 0.661. The Hall–Kier alpha value is -1.08. The Balaban J connectivity index is 2.10. The zero-order valence-electron chi connectivity index (χ0n) is 9.04. The van der Waals surface area contributed by atoms with Gasteiger partial charge in [-0.25, -0.2) is 0 Å². The van der Waals surface area contributed by atoms with Gasteiger partial charge in [0.05, 0.1) is 6.07 Å². The smallest absolute Gasteiger partial charge is 0.220 e. The lowest BCUT2D eigenvalue weighted by Gasteiger charge is -2.27. The van der Waals surface area contributed by atoms with E-state index in [4.69, 9.17) is 11.0 Å². The van der Waals surface area contributed by atoms with Crippen LogP contribution in [0.3, 0.4) is 0 Å². The Kier molecular flexibility index (Phi) is 5.13. The van der Waals surface area contributed by atoms with Crippen molar-refractivity contribution in [1.82, 2.24) is 5.32 Å². The van der Waals surface area contributed by atoms with Crippen molar-refractivity contribution in [3.63, 3.8) is 0 Å². The second-order valence-electron chi connectivity index (χ2n) is 4.17. The molecule has 4 nitrogen and oxygen atoms in total. The average Bonchev–Trinajstić information content (AvgIpc) is 2.25. The Morgan fingerprint density at radius 3 is 2.60 bits per heavy atom. The molecule has 1 aliphatic carbocycles. The van der Waals surface area contributed by atoms with Crippen LogP contribution in [-0.2, 0) is 4.79 Å². The first-order chi connectivity index (χ1) is 7.24. The highest BCUT2D eigenvalue weighted by Crippen LogP contribution is 2.23. The van der Waals surface area contributed by atoms with Crippen LogP contribution in [-0.4, -0.2) is 18.5 Å². The SMILES string of the molecule is N#CCCCNC1CCC(C(N)=O)CC1. The van der Waals surface area contributed by atoms with E-state index in [1.165, 1.54) is 0 Å². The summed E-state index contributed by atoms with van der Waals surface area (Å²) in [5.74, 6) is -0.0694. The van der Waals surface area contributed by atoms with Gasteiger partial charge in [-0.15, -0.1) is 0 Å². The standard InChI is InChI=1S/C11H19N3O/c12-7-1-2-8-14-10-5-3-9(4-6-10)11(13)15/h9-10,14H,1-6,8H2,(H2,13,15). The third-order valence-electron chi connectivity index (χ3n) is 3.03. The van der Waals surface area contributed by atoms with Crippen LogP contribution in [0.5, 0.6) is 0 Å². The van der Waals surface area contributed by atoms with E-state index in [0.29, 0.717) is 12.5 Å². The van der Waals surface area contributed by atoms with Gasteiger partial charge in [0.15, 0.2) is 0 Å². The summed E-state index contributed by atoms with van der Waals surface area (Å²) < 4.78 is 0. The van der Waals surface area contributed by atoms with Crippen molar-refractivity contribution in [3.8, 4) is 6.07 Å². The molecule has 0 bridgehead atoms. The van der Waals surface area contributed by atoms with Gasteiger partial charge in [0, 0.05) is 18.4 Å². The summed E-state index contributed by atoms with van der Waals surface area (Å²) in [4.78, 5) is 10.9. The second-order valence-corrected chi connectivity index (χ2v) is 4.17. The molecule has 0 saturated heterocycles. The van der Waals surface area contributed by atoms with Gasteiger partial charge in [0.1, 0.15) is 0 Å². The van der Waals surface area contributed by atoms with E-state index in [1.54, 1.807) is 0 Å². The zero-order valence-corrected chi connectivity index (χ0v) is 9.04. The molecule has 0 atom stereocenters. The average molecular weight is 209 g/mol. The predicted molar refractivity (Wildman–Crippen MR) is 57.8 cm³/mol. The number of unbranched alkanes of at least 4 members (excludes halogenated alkanes) is 1. The monoisotopic (exact) mass is 209 g/mol. The van der Waals surface area contributed by atoms with E-state index in [2.05, 4.69) is 11.4 Å². The summed E-state index contributed by atoms with van der Waals surface area (Å²) in [7, 11) is 0. The highest BCUT2D eigenvalue weighted by Gasteiger charge is 2.23. The first-order valence-electron chi connectivity index (χ1n) is 5.63. The van der Waals surface area contributed by atoms with E-state index in [0.717, 1.165) is 38.6 Å². The number of nitrogens with one attached hydrogen (secondary N) is 1. The third kappa shape index (κ3) is 4.30. The molecule has 0 heterocycles. The van der Waals surface area contributed by atoms with Gasteiger partial charge in [-0.2, -0.15) is 5.26 Å². The largest absolute Gasteiger partial charge is 0.369 e. The maximum Gasteiger partial charge on any atom is 0.220 e. The minimum Gasteiger partial charge on any atom is -0.369 e. The van der Waals surface area contributed by atoms with Crippen LogP contribution >= 0.6 is 0 Å². The first-order valence-corrected chi connectivity index (χ1v) is 5.63. The van der Waals surface area contributed by atoms with Crippen LogP contribution in [0.2, 0.25) is 0 Å². The molecular formula is C11H19N3O. The molecule has 4 heteroatoms. The summed E-state index contributed by atoms with van der Waals surface area (Å²) >= 11 is 0. The molecule has 1 aliphatic rings. The molecule has 0 aliphatic heterocycles. The molecular weight excluding hydrogens is 190 g/mol.